The summed E-state index contributed by atoms with van der Waals surface area (Å²) in [7, 11) is 0. The van der Waals surface area contributed by atoms with Crippen LogP contribution in [0.25, 0.3) is 0 Å². The summed E-state index contributed by atoms with van der Waals surface area (Å²) >= 11 is 14.2. The second-order valence-electron chi connectivity index (χ2n) is 4.66. The SMILES string of the molecule is NC(=S)CN1CCN(C(=O)c2ccc(Br)c(Cl)c2)CC1. The molecule has 1 saturated heterocycles. The van der Waals surface area contributed by atoms with Crippen LogP contribution < -0.4 is 5.73 Å². The average Bonchev–Trinajstić information content (AvgIpc) is 2.41. The number of piperazine rings is 1. The predicted molar refractivity (Wildman–Crippen MR) is 88.3 cm³/mol. The second kappa shape index (κ2) is 6.85. The molecule has 1 heterocycles. The first-order chi connectivity index (χ1) is 9.47. The van der Waals surface area contributed by atoms with Gasteiger partial charge in [-0.25, -0.2) is 0 Å². The summed E-state index contributed by atoms with van der Waals surface area (Å²) in [5, 5.41) is 0.544. The Bertz CT molecular complexity index is 532. The van der Waals surface area contributed by atoms with Crippen LogP contribution in [0.2, 0.25) is 5.02 Å². The van der Waals surface area contributed by atoms with E-state index in [0.29, 0.717) is 35.2 Å². The van der Waals surface area contributed by atoms with Crippen molar-refractivity contribution in [1.82, 2.24) is 9.80 Å². The third-order valence-electron chi connectivity index (χ3n) is 3.21. The molecule has 1 fully saturated rings. The van der Waals surface area contributed by atoms with Gasteiger partial charge in [-0.3, -0.25) is 9.69 Å². The number of rotatable bonds is 3. The van der Waals surface area contributed by atoms with Crippen molar-refractivity contribution in [3.05, 3.63) is 33.3 Å². The van der Waals surface area contributed by atoms with Crippen LogP contribution in [-0.2, 0) is 0 Å². The van der Waals surface area contributed by atoms with Crippen LogP contribution in [-0.4, -0.2) is 53.4 Å². The van der Waals surface area contributed by atoms with Crippen molar-refractivity contribution < 1.29 is 4.79 Å². The van der Waals surface area contributed by atoms with Crippen molar-refractivity contribution in [3.63, 3.8) is 0 Å². The van der Waals surface area contributed by atoms with Crippen LogP contribution in [0.5, 0.6) is 0 Å². The Hall–Kier alpha value is -0.690. The maximum atomic E-state index is 12.4. The number of benzene rings is 1. The van der Waals surface area contributed by atoms with E-state index in [0.717, 1.165) is 17.6 Å². The van der Waals surface area contributed by atoms with Gasteiger partial charge in [0.2, 0.25) is 0 Å². The van der Waals surface area contributed by atoms with Crippen LogP contribution in [0.4, 0.5) is 0 Å². The lowest BCUT2D eigenvalue weighted by molar-refractivity contribution is 0.0654. The zero-order chi connectivity index (χ0) is 14.7. The highest BCUT2D eigenvalue weighted by Crippen LogP contribution is 2.24. The molecule has 108 valence electrons. The van der Waals surface area contributed by atoms with E-state index in [1.54, 1.807) is 18.2 Å². The monoisotopic (exact) mass is 375 g/mol. The van der Waals surface area contributed by atoms with Crippen molar-refractivity contribution in [3.8, 4) is 0 Å². The third kappa shape index (κ3) is 3.91. The summed E-state index contributed by atoms with van der Waals surface area (Å²) in [6, 6.07) is 5.26. The fourth-order valence-electron chi connectivity index (χ4n) is 2.14. The molecule has 0 aliphatic carbocycles. The molecule has 1 aliphatic heterocycles. The fraction of sp³-hybridized carbons (Fsp3) is 0.385. The first kappa shape index (κ1) is 15.7. The summed E-state index contributed by atoms with van der Waals surface area (Å²) in [4.78, 5) is 16.8. The summed E-state index contributed by atoms with van der Waals surface area (Å²) in [6.07, 6.45) is 0. The molecule has 2 rings (SSSR count). The van der Waals surface area contributed by atoms with Gasteiger partial charge in [0.1, 0.15) is 0 Å². The lowest BCUT2D eigenvalue weighted by Crippen LogP contribution is -2.50. The van der Waals surface area contributed by atoms with E-state index < -0.39 is 0 Å². The molecule has 1 aromatic rings. The predicted octanol–water partition coefficient (Wildman–Crippen LogP) is 2.15. The summed E-state index contributed by atoms with van der Waals surface area (Å²) in [5.41, 5.74) is 6.14. The quantitative estimate of drug-likeness (QED) is 0.821. The standard InChI is InChI=1S/C13H15BrClN3OS/c14-10-2-1-9(7-11(10)15)13(19)18-5-3-17(4-6-18)8-12(16)20/h1-2,7H,3-6,8H2,(H2,16,20). The maximum Gasteiger partial charge on any atom is 0.253 e. The lowest BCUT2D eigenvalue weighted by atomic mass is 10.2. The number of carbonyl (C=O) groups is 1. The van der Waals surface area contributed by atoms with E-state index in [-0.39, 0.29) is 5.91 Å². The zero-order valence-electron chi connectivity index (χ0n) is 10.8. The highest BCUT2D eigenvalue weighted by Gasteiger charge is 2.22. The van der Waals surface area contributed by atoms with E-state index in [4.69, 9.17) is 29.6 Å². The van der Waals surface area contributed by atoms with Gasteiger partial charge in [0, 0.05) is 42.8 Å². The number of nitrogens with zero attached hydrogens (tertiary/aromatic N) is 2. The molecule has 0 aromatic heterocycles. The van der Waals surface area contributed by atoms with Gasteiger partial charge in [-0.15, -0.1) is 0 Å². The number of halogens is 2. The number of hydrogen-bond donors (Lipinski definition) is 1. The molecule has 0 radical (unpaired) electrons. The van der Waals surface area contributed by atoms with Crippen LogP contribution in [0.3, 0.4) is 0 Å². The second-order valence-corrected chi connectivity index (χ2v) is 6.45. The Morgan fingerprint density at radius 1 is 1.35 bits per heavy atom. The summed E-state index contributed by atoms with van der Waals surface area (Å²) in [6.45, 7) is 3.53. The minimum absolute atomic E-state index is 0.00868. The van der Waals surface area contributed by atoms with Gasteiger partial charge in [0.15, 0.2) is 0 Å². The maximum absolute atomic E-state index is 12.4. The van der Waals surface area contributed by atoms with Crippen molar-refractivity contribution in [2.75, 3.05) is 32.7 Å². The van der Waals surface area contributed by atoms with Gasteiger partial charge in [-0.1, -0.05) is 23.8 Å². The van der Waals surface area contributed by atoms with Crippen molar-refractivity contribution in [2.45, 2.75) is 0 Å². The average molecular weight is 377 g/mol. The Balaban J connectivity index is 1.97. The molecule has 0 spiro atoms. The molecule has 0 bridgehead atoms. The van der Waals surface area contributed by atoms with E-state index >= 15 is 0 Å². The number of thiocarbonyl (C=S) groups is 1. The van der Waals surface area contributed by atoms with Gasteiger partial charge in [0.05, 0.1) is 10.0 Å². The van der Waals surface area contributed by atoms with Crippen molar-refractivity contribution in [1.29, 1.82) is 0 Å². The molecule has 0 saturated carbocycles. The molecular formula is C13H15BrClN3OS. The Morgan fingerprint density at radius 3 is 2.55 bits per heavy atom. The summed E-state index contributed by atoms with van der Waals surface area (Å²) in [5.74, 6) is 0.00868. The Morgan fingerprint density at radius 2 is 2.00 bits per heavy atom. The smallest absolute Gasteiger partial charge is 0.253 e. The lowest BCUT2D eigenvalue weighted by Gasteiger charge is -2.34. The molecule has 1 aromatic carbocycles. The number of hydrogen-bond acceptors (Lipinski definition) is 3. The van der Waals surface area contributed by atoms with Gasteiger partial charge in [-0.05, 0) is 34.1 Å². The molecule has 0 unspecified atom stereocenters. The number of amides is 1. The Labute approximate surface area is 137 Å². The van der Waals surface area contributed by atoms with Gasteiger partial charge in [-0.2, -0.15) is 0 Å². The Kier molecular flexibility index (Phi) is 5.37. The van der Waals surface area contributed by atoms with E-state index in [1.165, 1.54) is 0 Å². The van der Waals surface area contributed by atoms with Gasteiger partial charge >= 0.3 is 0 Å². The number of carbonyl (C=O) groups excluding carboxylic acids is 1. The minimum atomic E-state index is 0.00868. The molecular weight excluding hydrogens is 362 g/mol. The normalized spacial score (nSPS) is 16.2. The van der Waals surface area contributed by atoms with E-state index in [1.807, 2.05) is 4.90 Å². The molecule has 4 nitrogen and oxygen atoms in total. The zero-order valence-corrected chi connectivity index (χ0v) is 14.0. The molecule has 2 N–H and O–H groups in total. The topological polar surface area (TPSA) is 49.6 Å². The largest absolute Gasteiger partial charge is 0.392 e. The van der Waals surface area contributed by atoms with Crippen LogP contribution in [0.15, 0.2) is 22.7 Å². The van der Waals surface area contributed by atoms with Gasteiger partial charge < -0.3 is 10.6 Å². The number of nitrogens with two attached hydrogens (primary N) is 1. The van der Waals surface area contributed by atoms with Crippen molar-refractivity contribution >= 4 is 50.6 Å². The molecule has 20 heavy (non-hydrogen) atoms. The summed E-state index contributed by atoms with van der Waals surface area (Å²) < 4.78 is 0.789. The van der Waals surface area contributed by atoms with Crippen LogP contribution in [0, 0.1) is 0 Å². The molecule has 1 aliphatic rings. The third-order valence-corrected chi connectivity index (χ3v) is 4.57. The van der Waals surface area contributed by atoms with Crippen LogP contribution in [0.1, 0.15) is 10.4 Å². The fourth-order valence-corrected chi connectivity index (χ4v) is 2.75. The minimum Gasteiger partial charge on any atom is -0.392 e. The highest BCUT2D eigenvalue weighted by molar-refractivity contribution is 9.10. The molecule has 0 atom stereocenters. The van der Waals surface area contributed by atoms with Crippen LogP contribution >= 0.6 is 39.7 Å². The first-order valence-corrected chi connectivity index (χ1v) is 7.80. The first-order valence-electron chi connectivity index (χ1n) is 6.22. The molecule has 1 amide bonds. The highest BCUT2D eigenvalue weighted by atomic mass is 79.9. The van der Waals surface area contributed by atoms with E-state index in [9.17, 15) is 4.79 Å². The van der Waals surface area contributed by atoms with Gasteiger partial charge in [0.25, 0.3) is 5.91 Å². The van der Waals surface area contributed by atoms with Crippen molar-refractivity contribution in [2.24, 2.45) is 5.73 Å². The van der Waals surface area contributed by atoms with E-state index in [2.05, 4.69) is 20.8 Å². The molecule has 7 heteroatoms.